The summed E-state index contributed by atoms with van der Waals surface area (Å²) in [6.07, 6.45) is 0. The van der Waals surface area contributed by atoms with Crippen LogP contribution in [-0.4, -0.2) is 22.9 Å². The molecule has 0 bridgehead atoms. The number of nitrogens with one attached hydrogen (secondary N) is 1. The van der Waals surface area contributed by atoms with E-state index in [0.29, 0.717) is 29.3 Å². The number of hydrogen-bond donors (Lipinski definition) is 1. The van der Waals surface area contributed by atoms with Crippen LogP contribution in [0.1, 0.15) is 28.7 Å². The molecule has 0 aliphatic carbocycles. The summed E-state index contributed by atoms with van der Waals surface area (Å²) in [5.74, 6) is -1.22. The number of ether oxygens (including phenoxy) is 1. The molecule has 2 aromatic carbocycles. The highest BCUT2D eigenvalue weighted by Crippen LogP contribution is 2.25. The maximum atomic E-state index is 13.2. The molecule has 5 nitrogen and oxygen atoms in total. The molecular weight excluding hydrogens is 359 g/mol. The molecule has 0 radical (unpaired) electrons. The molecule has 6 heteroatoms. The van der Waals surface area contributed by atoms with E-state index in [1.807, 2.05) is 18.4 Å². The van der Waals surface area contributed by atoms with Gasteiger partial charge in [0.2, 0.25) is 0 Å². The van der Waals surface area contributed by atoms with E-state index in [1.165, 1.54) is 12.1 Å². The largest absolute Gasteiger partial charge is 0.492 e. The zero-order valence-electron chi connectivity index (χ0n) is 16.0. The number of para-hydroxylation sites is 2. The molecule has 1 amide bonds. The number of aryl methyl sites for hydroxylation is 1. The Morgan fingerprint density at radius 2 is 1.75 bits per heavy atom. The number of anilines is 1. The second-order valence-electron chi connectivity index (χ2n) is 6.31. The highest BCUT2D eigenvalue weighted by atomic mass is 19.1. The van der Waals surface area contributed by atoms with E-state index < -0.39 is 11.7 Å². The number of carbonyl (C=O) groups excluding carboxylic acids is 2. The molecule has 1 heterocycles. The molecule has 1 N–H and O–H groups in total. The average molecular weight is 380 g/mol. The van der Waals surface area contributed by atoms with Gasteiger partial charge in [0.1, 0.15) is 11.6 Å². The Hall–Kier alpha value is -3.41. The molecule has 1 aromatic heterocycles. The molecule has 0 fully saturated rings. The third-order valence-corrected chi connectivity index (χ3v) is 4.40. The fourth-order valence-electron chi connectivity index (χ4n) is 3.13. The Labute approximate surface area is 162 Å². The third kappa shape index (κ3) is 3.81. The van der Waals surface area contributed by atoms with Gasteiger partial charge in [-0.1, -0.05) is 12.1 Å². The van der Waals surface area contributed by atoms with E-state index in [0.717, 1.165) is 11.4 Å². The number of nitrogens with zero attached hydrogens (tertiary/aromatic N) is 1. The monoisotopic (exact) mass is 380 g/mol. The van der Waals surface area contributed by atoms with Crippen molar-refractivity contribution in [1.82, 2.24) is 4.57 Å². The van der Waals surface area contributed by atoms with Crippen LogP contribution in [0.5, 0.6) is 5.75 Å². The van der Waals surface area contributed by atoms with Crippen LogP contribution in [-0.2, 0) is 4.79 Å². The Bertz CT molecular complexity index is 1020. The van der Waals surface area contributed by atoms with E-state index >= 15 is 0 Å². The van der Waals surface area contributed by atoms with Gasteiger partial charge in [-0.25, -0.2) is 4.39 Å². The van der Waals surface area contributed by atoms with Crippen molar-refractivity contribution >= 4 is 17.4 Å². The van der Waals surface area contributed by atoms with Gasteiger partial charge in [0.25, 0.3) is 11.7 Å². The molecule has 28 heavy (non-hydrogen) atoms. The average Bonchev–Trinajstić information content (AvgIpc) is 2.98. The Kier molecular flexibility index (Phi) is 5.59. The lowest BCUT2D eigenvalue weighted by atomic mass is 10.1. The standard InChI is InChI=1S/C22H21FN2O3/c1-4-28-20-8-6-5-7-19(20)24-22(27)21(26)18-13-14(2)25(15(18)3)17-11-9-16(23)10-12-17/h5-13H,4H2,1-3H3,(H,24,27). The van der Waals surface area contributed by atoms with Crippen LogP contribution in [0, 0.1) is 19.7 Å². The Morgan fingerprint density at radius 3 is 2.43 bits per heavy atom. The molecular formula is C22H21FN2O3. The van der Waals surface area contributed by atoms with Crippen molar-refractivity contribution in [1.29, 1.82) is 0 Å². The summed E-state index contributed by atoms with van der Waals surface area (Å²) in [6, 6.07) is 14.6. The molecule has 0 unspecified atom stereocenters. The minimum absolute atomic E-state index is 0.299. The zero-order valence-corrected chi connectivity index (χ0v) is 16.0. The molecule has 0 atom stereocenters. The molecule has 0 saturated heterocycles. The number of benzene rings is 2. The molecule has 0 saturated carbocycles. The fraction of sp³-hybridized carbons (Fsp3) is 0.182. The number of rotatable bonds is 6. The van der Waals surface area contributed by atoms with Crippen molar-refractivity contribution in [2.75, 3.05) is 11.9 Å². The first kappa shape index (κ1) is 19.4. The number of ketones is 1. The molecule has 144 valence electrons. The van der Waals surface area contributed by atoms with Crippen LogP contribution in [0.4, 0.5) is 10.1 Å². The summed E-state index contributed by atoms with van der Waals surface area (Å²) >= 11 is 0. The summed E-state index contributed by atoms with van der Waals surface area (Å²) in [4.78, 5) is 25.3. The lowest BCUT2D eigenvalue weighted by molar-refractivity contribution is -0.112. The highest BCUT2D eigenvalue weighted by Gasteiger charge is 2.23. The number of halogens is 1. The first-order chi connectivity index (χ1) is 13.4. The molecule has 3 aromatic rings. The molecule has 0 spiro atoms. The number of aromatic nitrogens is 1. The van der Waals surface area contributed by atoms with E-state index in [4.69, 9.17) is 4.74 Å². The molecule has 0 aliphatic rings. The van der Waals surface area contributed by atoms with Gasteiger partial charge < -0.3 is 14.6 Å². The summed E-state index contributed by atoms with van der Waals surface area (Å²) in [7, 11) is 0. The van der Waals surface area contributed by atoms with Crippen LogP contribution in [0.3, 0.4) is 0 Å². The van der Waals surface area contributed by atoms with Gasteiger partial charge in [0, 0.05) is 22.6 Å². The van der Waals surface area contributed by atoms with Gasteiger partial charge in [-0.2, -0.15) is 0 Å². The van der Waals surface area contributed by atoms with Crippen molar-refractivity contribution in [3.63, 3.8) is 0 Å². The smallest absolute Gasteiger partial charge is 0.296 e. The quantitative estimate of drug-likeness (QED) is 0.508. The molecule has 3 rings (SSSR count). The number of carbonyl (C=O) groups is 2. The zero-order chi connectivity index (χ0) is 20.3. The number of amides is 1. The predicted octanol–water partition coefficient (Wildman–Crippen LogP) is 4.45. The van der Waals surface area contributed by atoms with Gasteiger partial charge in [-0.05, 0) is 63.2 Å². The van der Waals surface area contributed by atoms with Crippen molar-refractivity contribution < 1.29 is 18.7 Å². The maximum absolute atomic E-state index is 13.2. The van der Waals surface area contributed by atoms with Crippen LogP contribution >= 0.6 is 0 Å². The summed E-state index contributed by atoms with van der Waals surface area (Å²) in [6.45, 7) is 5.87. The second kappa shape index (κ2) is 8.08. The minimum atomic E-state index is -0.744. The normalized spacial score (nSPS) is 10.6. The van der Waals surface area contributed by atoms with Gasteiger partial charge in [-0.3, -0.25) is 9.59 Å². The van der Waals surface area contributed by atoms with Crippen molar-refractivity contribution in [3.8, 4) is 11.4 Å². The summed E-state index contributed by atoms with van der Waals surface area (Å²) in [5.41, 5.74) is 2.85. The maximum Gasteiger partial charge on any atom is 0.296 e. The van der Waals surface area contributed by atoms with Crippen LogP contribution in [0.15, 0.2) is 54.6 Å². The third-order valence-electron chi connectivity index (χ3n) is 4.40. The minimum Gasteiger partial charge on any atom is -0.492 e. The lowest BCUT2D eigenvalue weighted by Crippen LogP contribution is -2.23. The first-order valence-corrected chi connectivity index (χ1v) is 8.94. The topological polar surface area (TPSA) is 60.3 Å². The van der Waals surface area contributed by atoms with Gasteiger partial charge >= 0.3 is 0 Å². The van der Waals surface area contributed by atoms with Crippen LogP contribution in [0.2, 0.25) is 0 Å². The van der Waals surface area contributed by atoms with E-state index in [-0.39, 0.29) is 5.82 Å². The Balaban J connectivity index is 1.88. The first-order valence-electron chi connectivity index (χ1n) is 8.94. The predicted molar refractivity (Wildman–Crippen MR) is 106 cm³/mol. The summed E-state index contributed by atoms with van der Waals surface area (Å²) in [5, 5.41) is 2.62. The van der Waals surface area contributed by atoms with Crippen molar-refractivity contribution in [3.05, 3.63) is 77.4 Å². The van der Waals surface area contributed by atoms with E-state index in [9.17, 15) is 14.0 Å². The summed E-state index contributed by atoms with van der Waals surface area (Å²) < 4.78 is 20.5. The van der Waals surface area contributed by atoms with E-state index in [2.05, 4.69) is 5.32 Å². The second-order valence-corrected chi connectivity index (χ2v) is 6.31. The molecule has 0 aliphatic heterocycles. The van der Waals surface area contributed by atoms with E-state index in [1.54, 1.807) is 49.4 Å². The van der Waals surface area contributed by atoms with Gasteiger partial charge in [-0.15, -0.1) is 0 Å². The van der Waals surface area contributed by atoms with Gasteiger partial charge in [0.05, 0.1) is 12.3 Å². The van der Waals surface area contributed by atoms with Gasteiger partial charge in [0.15, 0.2) is 0 Å². The number of hydrogen-bond acceptors (Lipinski definition) is 3. The Morgan fingerprint density at radius 1 is 1.07 bits per heavy atom. The van der Waals surface area contributed by atoms with Crippen LogP contribution in [0.25, 0.3) is 5.69 Å². The fourth-order valence-corrected chi connectivity index (χ4v) is 3.13. The van der Waals surface area contributed by atoms with Crippen LogP contribution < -0.4 is 10.1 Å². The SMILES string of the molecule is CCOc1ccccc1NC(=O)C(=O)c1cc(C)n(-c2ccc(F)cc2)c1C. The lowest BCUT2D eigenvalue weighted by Gasteiger charge is -2.11. The van der Waals surface area contributed by atoms with Crippen molar-refractivity contribution in [2.24, 2.45) is 0 Å². The highest BCUT2D eigenvalue weighted by molar-refractivity contribution is 6.47. The van der Waals surface area contributed by atoms with Crippen molar-refractivity contribution in [2.45, 2.75) is 20.8 Å². The number of Topliss-reactive ketones (excluding diaryl/α,β-unsaturated/α-hetero) is 1.